The first-order chi connectivity index (χ1) is 18.0. The van der Waals surface area contributed by atoms with E-state index in [0.717, 1.165) is 19.3 Å². The zero-order chi connectivity index (χ0) is 29.1. The monoisotopic (exact) mass is 560 g/mol. The molecule has 3 aliphatic carbocycles. The minimum atomic E-state index is -0.704. The third-order valence-corrected chi connectivity index (χ3v) is 12.1. The van der Waals surface area contributed by atoms with E-state index in [-0.39, 0.29) is 52.0 Å². The molecule has 39 heavy (non-hydrogen) atoms. The second kappa shape index (κ2) is 10.1. The maximum absolute atomic E-state index is 13.5. The fourth-order valence-electron chi connectivity index (χ4n) is 7.89. The van der Waals surface area contributed by atoms with E-state index in [4.69, 9.17) is 10.5 Å². The molecule has 3 aliphatic rings. The molecule has 9 heteroatoms. The lowest BCUT2D eigenvalue weighted by Crippen LogP contribution is -2.63. The molecule has 0 unspecified atom stereocenters. The van der Waals surface area contributed by atoms with E-state index in [1.54, 1.807) is 6.08 Å². The average Bonchev–Trinajstić information content (AvgIpc) is 3.25. The number of esters is 1. The van der Waals surface area contributed by atoms with Crippen LogP contribution in [0.2, 0.25) is 0 Å². The van der Waals surface area contributed by atoms with Crippen LogP contribution >= 0.6 is 11.8 Å². The number of nitrogens with two attached hydrogens (primary N) is 1. The van der Waals surface area contributed by atoms with Crippen LogP contribution in [-0.4, -0.2) is 46.1 Å². The number of carbonyl (C=O) groups excluding carboxylic acids is 2. The lowest BCUT2D eigenvalue weighted by atomic mass is 9.44. The minimum absolute atomic E-state index is 0.0568. The van der Waals surface area contributed by atoms with Crippen LogP contribution in [0.25, 0.3) is 0 Å². The Labute approximate surface area is 235 Å². The molecule has 3 fully saturated rings. The van der Waals surface area contributed by atoms with E-state index >= 15 is 0 Å². The second-order valence-electron chi connectivity index (χ2n) is 13.4. The fourth-order valence-corrected chi connectivity index (χ4v) is 8.64. The van der Waals surface area contributed by atoms with Crippen molar-refractivity contribution in [3.05, 3.63) is 33.1 Å². The predicted octanol–water partition coefficient (Wildman–Crippen LogP) is 3.70. The van der Waals surface area contributed by atoms with Gasteiger partial charge in [-0.2, -0.15) is 0 Å². The number of thioether (sulfide) groups is 1. The number of hydrogen-bond donors (Lipinski definition) is 3. The van der Waals surface area contributed by atoms with Crippen LogP contribution in [0, 0.1) is 34.0 Å². The van der Waals surface area contributed by atoms with Crippen molar-refractivity contribution in [3.63, 3.8) is 0 Å². The summed E-state index contributed by atoms with van der Waals surface area (Å²) in [4.78, 5) is 50.0. The van der Waals surface area contributed by atoms with Gasteiger partial charge in [0.2, 0.25) is 0 Å². The third-order valence-electron chi connectivity index (χ3n) is 10.8. The number of ketones is 1. The molecule has 2 bridgehead atoms. The molecule has 1 aromatic rings. The molecule has 8 nitrogen and oxygen atoms in total. The number of hydrogen-bond acceptors (Lipinski definition) is 9. The Bertz CT molecular complexity index is 1240. The van der Waals surface area contributed by atoms with E-state index in [1.165, 1.54) is 11.8 Å². The molecule has 1 aromatic carbocycles. The molecular formula is C30H44N2O6S. The van der Waals surface area contributed by atoms with E-state index in [9.17, 15) is 24.3 Å². The largest absolute Gasteiger partial charge is 0.461 e. The SMILES string of the molecule is C=C[C@]1(C)C[C@@H](OC(=O)CSC(C)(C)CNc2c(N)c(=O)c2=O)[C@]2(C)[C@H](C)CC[C@]3(CCC(=O)[C@H]32)[C@@H](C)[C@@H]1O. The standard InChI is InChI=1S/C30H44N2O6S/c1-8-28(6)13-19(38-20(34)14-39-27(4,5)15-32-22-21(31)23(35)24(22)36)29(7)16(2)9-11-30(17(3)26(28)37)12-10-18(33)25(29)30/h8,16-17,19,25-26,32,37H,1,9-15,31H2,2-7H3/t16-,17+,19-,25+,26+,28-,29+,30+/m1/s1. The van der Waals surface area contributed by atoms with Crippen LogP contribution in [0.5, 0.6) is 0 Å². The molecule has 4 rings (SSSR count). The molecular weight excluding hydrogens is 516 g/mol. The summed E-state index contributed by atoms with van der Waals surface area (Å²) in [5, 5.41) is 14.6. The molecule has 8 atom stereocenters. The van der Waals surface area contributed by atoms with E-state index in [0.29, 0.717) is 19.4 Å². The molecule has 0 heterocycles. The van der Waals surface area contributed by atoms with Crippen molar-refractivity contribution in [2.45, 2.75) is 90.6 Å². The van der Waals surface area contributed by atoms with Crippen LogP contribution in [0.1, 0.15) is 73.6 Å². The van der Waals surface area contributed by atoms with Gasteiger partial charge in [0.25, 0.3) is 10.9 Å². The van der Waals surface area contributed by atoms with Crippen LogP contribution in [0.15, 0.2) is 22.2 Å². The summed E-state index contributed by atoms with van der Waals surface area (Å²) in [6.07, 6.45) is 4.00. The Balaban J connectivity index is 1.55. The molecule has 0 amide bonds. The number of rotatable bonds is 8. The molecule has 0 aliphatic heterocycles. The Morgan fingerprint density at radius 1 is 1.23 bits per heavy atom. The van der Waals surface area contributed by atoms with Gasteiger partial charge in [-0.25, -0.2) is 0 Å². The van der Waals surface area contributed by atoms with Gasteiger partial charge >= 0.3 is 5.97 Å². The lowest BCUT2D eigenvalue weighted by molar-refractivity contribution is -0.205. The van der Waals surface area contributed by atoms with Crippen molar-refractivity contribution in [1.82, 2.24) is 0 Å². The fraction of sp³-hybridized carbons (Fsp3) is 0.733. The smallest absolute Gasteiger partial charge is 0.316 e. The second-order valence-corrected chi connectivity index (χ2v) is 15.1. The maximum atomic E-state index is 13.5. The van der Waals surface area contributed by atoms with Gasteiger partial charge in [-0.3, -0.25) is 19.2 Å². The van der Waals surface area contributed by atoms with Crippen molar-refractivity contribution in [3.8, 4) is 0 Å². The number of anilines is 2. The molecule has 0 aromatic heterocycles. The highest BCUT2D eigenvalue weighted by Gasteiger charge is 2.68. The number of Topliss-reactive ketones (excluding diaryl/α,β-unsaturated/α-hetero) is 1. The van der Waals surface area contributed by atoms with Crippen LogP contribution < -0.4 is 21.9 Å². The van der Waals surface area contributed by atoms with Crippen LogP contribution in [0.4, 0.5) is 11.4 Å². The van der Waals surface area contributed by atoms with E-state index in [1.807, 2.05) is 20.8 Å². The maximum Gasteiger partial charge on any atom is 0.316 e. The van der Waals surface area contributed by atoms with Gasteiger partial charge in [0.05, 0.1) is 11.9 Å². The van der Waals surface area contributed by atoms with Crippen molar-refractivity contribution in [1.29, 1.82) is 0 Å². The zero-order valence-electron chi connectivity index (χ0n) is 24.1. The molecule has 0 radical (unpaired) electrons. The summed E-state index contributed by atoms with van der Waals surface area (Å²) >= 11 is 1.38. The first-order valence-electron chi connectivity index (χ1n) is 14.0. The van der Waals surface area contributed by atoms with Gasteiger partial charge in [-0.15, -0.1) is 18.3 Å². The number of carbonyl (C=O) groups is 2. The Morgan fingerprint density at radius 3 is 2.51 bits per heavy atom. The average molecular weight is 561 g/mol. The first kappa shape index (κ1) is 29.8. The van der Waals surface area contributed by atoms with Crippen molar-refractivity contribution in [2.75, 3.05) is 23.3 Å². The quantitative estimate of drug-likeness (QED) is 0.247. The number of aliphatic hydroxyl groups is 1. The summed E-state index contributed by atoms with van der Waals surface area (Å²) in [5.41, 5.74) is 2.85. The summed E-state index contributed by atoms with van der Waals surface area (Å²) in [5.74, 6) is -0.250. The number of nitrogen functional groups attached to an aromatic ring is 1. The van der Waals surface area contributed by atoms with Gasteiger partial charge in [-0.05, 0) is 56.8 Å². The van der Waals surface area contributed by atoms with Gasteiger partial charge in [0.1, 0.15) is 23.3 Å². The number of ether oxygens (including phenoxy) is 1. The topological polar surface area (TPSA) is 136 Å². The molecule has 0 saturated heterocycles. The van der Waals surface area contributed by atoms with Gasteiger partial charge in [0.15, 0.2) is 0 Å². The van der Waals surface area contributed by atoms with Crippen molar-refractivity contribution >= 4 is 34.9 Å². The predicted molar refractivity (Wildman–Crippen MR) is 155 cm³/mol. The van der Waals surface area contributed by atoms with Crippen LogP contribution in [-0.2, 0) is 14.3 Å². The summed E-state index contributed by atoms with van der Waals surface area (Å²) < 4.78 is 5.84. The first-order valence-corrected chi connectivity index (χ1v) is 15.0. The molecule has 3 saturated carbocycles. The number of aliphatic hydroxyl groups excluding tert-OH is 1. The van der Waals surface area contributed by atoms with Gasteiger partial charge < -0.3 is 20.9 Å². The van der Waals surface area contributed by atoms with Gasteiger partial charge in [-0.1, -0.05) is 33.8 Å². The highest BCUT2D eigenvalue weighted by molar-refractivity contribution is 8.01. The summed E-state index contributed by atoms with van der Waals surface area (Å²) in [6.45, 7) is 16.6. The highest BCUT2D eigenvalue weighted by atomic mass is 32.2. The number of nitrogens with one attached hydrogen (secondary N) is 1. The van der Waals surface area contributed by atoms with E-state index in [2.05, 4.69) is 32.7 Å². The van der Waals surface area contributed by atoms with Crippen molar-refractivity contribution < 1.29 is 19.4 Å². The highest BCUT2D eigenvalue weighted by Crippen LogP contribution is 2.68. The Morgan fingerprint density at radius 2 is 1.90 bits per heavy atom. The molecule has 4 N–H and O–H groups in total. The normalized spacial score (nSPS) is 38.5. The molecule has 0 spiro atoms. The lowest BCUT2D eigenvalue weighted by Gasteiger charge is -2.61. The van der Waals surface area contributed by atoms with E-state index < -0.39 is 38.6 Å². The van der Waals surface area contributed by atoms with Crippen LogP contribution in [0.3, 0.4) is 0 Å². The minimum Gasteiger partial charge on any atom is -0.461 e. The zero-order valence-corrected chi connectivity index (χ0v) is 24.9. The Hall–Kier alpha value is -2.13. The third kappa shape index (κ3) is 4.67. The Kier molecular flexibility index (Phi) is 7.69. The molecule has 216 valence electrons. The van der Waals surface area contributed by atoms with Gasteiger partial charge in [0, 0.05) is 34.5 Å². The van der Waals surface area contributed by atoms with Crippen molar-refractivity contribution in [2.24, 2.45) is 34.0 Å². The summed E-state index contributed by atoms with van der Waals surface area (Å²) in [6, 6.07) is 0. The summed E-state index contributed by atoms with van der Waals surface area (Å²) in [7, 11) is 0.